The van der Waals surface area contributed by atoms with Crippen LogP contribution in [0.15, 0.2) is 19.3 Å². The quantitative estimate of drug-likeness (QED) is 0.547. The van der Waals surface area contributed by atoms with Crippen LogP contribution in [0, 0.1) is 13.8 Å². The van der Waals surface area contributed by atoms with Crippen molar-refractivity contribution in [3.63, 3.8) is 0 Å². The van der Waals surface area contributed by atoms with Crippen molar-refractivity contribution in [2.45, 2.75) is 51.9 Å². The molecule has 31 heavy (non-hydrogen) atoms. The zero-order valence-electron chi connectivity index (χ0n) is 16.6. The SMILES string of the molecule is CC(=O)NC1(C)S[C@@H]2C(Sc3nnc(C)s3)C(=O)N2C(C(=O)O)=C1Sc1nnc(C)s1. The number of hydrogen-bond acceptors (Lipinski definition) is 12. The number of rotatable bonds is 6. The Kier molecular flexibility index (Phi) is 6.06. The molecule has 4 rings (SSSR count). The van der Waals surface area contributed by atoms with E-state index in [4.69, 9.17) is 0 Å². The second-order valence-electron chi connectivity index (χ2n) is 6.73. The van der Waals surface area contributed by atoms with E-state index in [-0.39, 0.29) is 17.5 Å². The molecule has 0 bridgehead atoms. The molecular formula is C16H16N6O4S5. The summed E-state index contributed by atoms with van der Waals surface area (Å²) in [6.45, 7) is 6.74. The molecule has 10 nitrogen and oxygen atoms in total. The lowest BCUT2D eigenvalue weighted by Crippen LogP contribution is -2.67. The van der Waals surface area contributed by atoms with E-state index in [1.807, 2.05) is 6.92 Å². The van der Waals surface area contributed by atoms with Crippen LogP contribution in [0.3, 0.4) is 0 Å². The number of amides is 2. The summed E-state index contributed by atoms with van der Waals surface area (Å²) in [6.07, 6.45) is 0. The number of β-lactam (4-membered cyclic amide) rings is 1. The lowest BCUT2D eigenvalue weighted by atomic mass is 10.1. The molecule has 3 atom stereocenters. The van der Waals surface area contributed by atoms with Crippen molar-refractivity contribution < 1.29 is 19.5 Å². The van der Waals surface area contributed by atoms with Crippen molar-refractivity contribution in [3.8, 4) is 0 Å². The molecule has 1 fully saturated rings. The van der Waals surface area contributed by atoms with Crippen molar-refractivity contribution in [2.75, 3.05) is 0 Å². The van der Waals surface area contributed by atoms with Crippen LogP contribution in [0.5, 0.6) is 0 Å². The molecule has 2 unspecified atom stereocenters. The Morgan fingerprint density at radius 1 is 1.13 bits per heavy atom. The van der Waals surface area contributed by atoms with E-state index in [2.05, 4.69) is 25.7 Å². The number of fused-ring (bicyclic) bond motifs is 1. The van der Waals surface area contributed by atoms with Crippen molar-refractivity contribution in [1.29, 1.82) is 0 Å². The van der Waals surface area contributed by atoms with E-state index >= 15 is 0 Å². The topological polar surface area (TPSA) is 138 Å². The number of hydrogen-bond donors (Lipinski definition) is 2. The van der Waals surface area contributed by atoms with Gasteiger partial charge in [0.1, 0.15) is 31.2 Å². The van der Waals surface area contributed by atoms with Gasteiger partial charge in [-0.05, 0) is 20.8 Å². The smallest absolute Gasteiger partial charge is 0.353 e. The zero-order chi connectivity index (χ0) is 22.5. The predicted octanol–water partition coefficient (Wildman–Crippen LogP) is 2.32. The van der Waals surface area contributed by atoms with Gasteiger partial charge < -0.3 is 10.4 Å². The summed E-state index contributed by atoms with van der Waals surface area (Å²) in [5, 5.41) is 29.5. The summed E-state index contributed by atoms with van der Waals surface area (Å²) in [4.78, 5) is 37.8. The van der Waals surface area contributed by atoms with Gasteiger partial charge in [0.15, 0.2) is 8.68 Å². The summed E-state index contributed by atoms with van der Waals surface area (Å²) >= 11 is 6.39. The number of thioether (sulfide) groups is 3. The van der Waals surface area contributed by atoms with Gasteiger partial charge in [0, 0.05) is 6.92 Å². The first-order valence-corrected chi connectivity index (χ1v) is 13.0. The average molecular weight is 517 g/mol. The molecule has 2 aromatic heterocycles. The first-order valence-electron chi connectivity index (χ1n) is 8.81. The van der Waals surface area contributed by atoms with Crippen LogP contribution < -0.4 is 5.32 Å². The van der Waals surface area contributed by atoms with Crippen molar-refractivity contribution in [1.82, 2.24) is 30.6 Å². The number of aliphatic carboxylic acids is 1. The highest BCUT2D eigenvalue weighted by molar-refractivity contribution is 8.09. The summed E-state index contributed by atoms with van der Waals surface area (Å²) in [5.41, 5.74) is -0.145. The van der Waals surface area contributed by atoms with Gasteiger partial charge in [-0.3, -0.25) is 14.5 Å². The molecule has 2 aliphatic heterocycles. The molecule has 2 aromatic rings. The highest BCUT2D eigenvalue weighted by Gasteiger charge is 2.60. The summed E-state index contributed by atoms with van der Waals surface area (Å²) < 4.78 is 1.17. The fourth-order valence-corrected chi connectivity index (χ4v) is 9.20. The molecule has 15 heteroatoms. The molecule has 0 aromatic carbocycles. The number of carbonyl (C=O) groups is 3. The Morgan fingerprint density at radius 3 is 2.26 bits per heavy atom. The molecule has 0 radical (unpaired) electrons. The number of aryl methyl sites for hydroxylation is 2. The number of aromatic nitrogens is 4. The number of carboxylic acids is 1. The summed E-state index contributed by atoms with van der Waals surface area (Å²) in [6, 6.07) is 0. The summed E-state index contributed by atoms with van der Waals surface area (Å²) in [5.74, 6) is -1.87. The largest absolute Gasteiger partial charge is 0.477 e. The maximum Gasteiger partial charge on any atom is 0.353 e. The maximum atomic E-state index is 13.0. The van der Waals surface area contributed by atoms with Gasteiger partial charge in [-0.15, -0.1) is 32.2 Å². The van der Waals surface area contributed by atoms with Crippen molar-refractivity contribution >= 4 is 75.7 Å². The molecule has 164 valence electrons. The predicted molar refractivity (Wildman–Crippen MR) is 120 cm³/mol. The standard InChI is InChI=1S/C16H16N6O4S5/c1-5(23)17-16(4)10(30-15-21-19-7(3)28-15)8(13(25)26)22-11(24)9(12(22)31-16)29-14-20-18-6(2)27-14/h9,12H,1-4H3,(H,17,23)(H,25,26)/t9?,12-,16?/m1/s1. The van der Waals surface area contributed by atoms with Crippen LogP contribution in [0.2, 0.25) is 0 Å². The minimum atomic E-state index is -1.24. The second kappa shape index (κ2) is 8.35. The number of carbonyl (C=O) groups excluding carboxylic acids is 2. The lowest BCUT2D eigenvalue weighted by molar-refractivity contribution is -0.145. The van der Waals surface area contributed by atoms with Gasteiger partial charge in [0.2, 0.25) is 11.8 Å². The Bertz CT molecular complexity index is 1120. The molecule has 4 heterocycles. The Morgan fingerprint density at radius 2 is 1.74 bits per heavy atom. The van der Waals surface area contributed by atoms with E-state index in [0.717, 1.165) is 21.8 Å². The average Bonchev–Trinajstić information content (AvgIpc) is 3.28. The first kappa shape index (κ1) is 22.5. The van der Waals surface area contributed by atoms with E-state index < -0.39 is 21.5 Å². The second-order valence-corrected chi connectivity index (χ2v) is 13.3. The molecule has 2 aliphatic rings. The van der Waals surface area contributed by atoms with Gasteiger partial charge in [-0.1, -0.05) is 46.2 Å². The summed E-state index contributed by atoms with van der Waals surface area (Å²) in [7, 11) is 0. The van der Waals surface area contributed by atoms with Crippen LogP contribution in [-0.4, -0.2) is 63.7 Å². The minimum absolute atomic E-state index is 0.145. The molecule has 1 saturated heterocycles. The van der Waals surface area contributed by atoms with Crippen LogP contribution in [0.1, 0.15) is 23.9 Å². The number of carboxylic acid groups (broad SMARTS) is 1. The highest BCUT2D eigenvalue weighted by atomic mass is 32.2. The van der Waals surface area contributed by atoms with E-state index in [0.29, 0.717) is 13.6 Å². The molecular weight excluding hydrogens is 501 g/mol. The third kappa shape index (κ3) is 4.20. The van der Waals surface area contributed by atoms with E-state index in [1.54, 1.807) is 13.8 Å². The molecule has 0 saturated carbocycles. The lowest BCUT2D eigenvalue weighted by Gasteiger charge is -2.53. The normalized spacial score (nSPS) is 25.3. The molecule has 2 amide bonds. The monoisotopic (exact) mass is 516 g/mol. The zero-order valence-corrected chi connectivity index (χ0v) is 20.7. The van der Waals surface area contributed by atoms with Crippen LogP contribution in [0.25, 0.3) is 0 Å². The Labute approximate surface area is 197 Å². The van der Waals surface area contributed by atoms with Gasteiger partial charge in [0.25, 0.3) is 0 Å². The third-order valence-corrected chi connectivity index (χ3v) is 10.5. The number of nitrogens with zero attached hydrogens (tertiary/aromatic N) is 5. The molecule has 2 N–H and O–H groups in total. The Balaban J connectivity index is 1.74. The fourth-order valence-electron chi connectivity index (χ4n) is 3.14. The molecule has 0 aliphatic carbocycles. The van der Waals surface area contributed by atoms with Crippen LogP contribution in [-0.2, 0) is 14.4 Å². The first-order chi connectivity index (χ1) is 14.6. The van der Waals surface area contributed by atoms with E-state index in [1.165, 1.54) is 58.0 Å². The van der Waals surface area contributed by atoms with Crippen molar-refractivity contribution in [3.05, 3.63) is 20.6 Å². The van der Waals surface area contributed by atoms with Crippen molar-refractivity contribution in [2.24, 2.45) is 0 Å². The van der Waals surface area contributed by atoms with E-state index in [9.17, 15) is 19.5 Å². The fraction of sp³-hybridized carbons (Fsp3) is 0.438. The van der Waals surface area contributed by atoms with Crippen LogP contribution >= 0.6 is 58.0 Å². The Hall–Kier alpha value is -1.68. The molecule has 0 spiro atoms. The minimum Gasteiger partial charge on any atom is -0.477 e. The van der Waals surface area contributed by atoms with Gasteiger partial charge in [-0.2, -0.15) is 0 Å². The number of nitrogens with one attached hydrogen (secondary N) is 1. The van der Waals surface area contributed by atoms with Gasteiger partial charge in [-0.25, -0.2) is 4.79 Å². The van der Waals surface area contributed by atoms with Gasteiger partial charge in [0.05, 0.1) is 4.91 Å². The highest BCUT2D eigenvalue weighted by Crippen LogP contribution is 2.56. The third-order valence-electron chi connectivity index (χ3n) is 4.29. The van der Waals surface area contributed by atoms with Gasteiger partial charge >= 0.3 is 5.97 Å². The van der Waals surface area contributed by atoms with Crippen LogP contribution in [0.4, 0.5) is 0 Å². The maximum absolute atomic E-state index is 13.0.